The second-order valence-electron chi connectivity index (χ2n) is 4.28. The van der Waals surface area contributed by atoms with E-state index in [-0.39, 0.29) is 0 Å². The van der Waals surface area contributed by atoms with Crippen LogP contribution in [0.2, 0.25) is 0 Å². The zero-order chi connectivity index (χ0) is 13.7. The van der Waals surface area contributed by atoms with Gasteiger partial charge in [-0.3, -0.25) is 4.98 Å². The van der Waals surface area contributed by atoms with E-state index < -0.39 is 0 Å². The van der Waals surface area contributed by atoms with E-state index in [0.717, 1.165) is 17.7 Å². The Kier molecular flexibility index (Phi) is 4.04. The summed E-state index contributed by atoms with van der Waals surface area (Å²) in [4.78, 5) is 3.97. The average Bonchev–Trinajstić information content (AvgIpc) is 2.44. The summed E-state index contributed by atoms with van der Waals surface area (Å²) in [6.07, 6.45) is 4.39. The number of anilines is 1. The molecule has 5 nitrogen and oxygen atoms in total. The van der Waals surface area contributed by atoms with E-state index in [4.69, 9.17) is 0 Å². The van der Waals surface area contributed by atoms with Gasteiger partial charge in [0.2, 0.25) is 0 Å². The van der Waals surface area contributed by atoms with E-state index >= 15 is 0 Å². The number of nitriles is 1. The number of aryl methyl sites for hydroxylation is 1. The summed E-state index contributed by atoms with van der Waals surface area (Å²) in [5.41, 5.74) is 3.43. The Morgan fingerprint density at radius 1 is 1.21 bits per heavy atom. The minimum Gasteiger partial charge on any atom is -0.367 e. The molecule has 96 valence electrons. The lowest BCUT2D eigenvalue weighted by atomic mass is 10.1. The Bertz CT molecular complexity index is 601. The van der Waals surface area contributed by atoms with Crippen molar-refractivity contribution in [3.63, 3.8) is 0 Å². The summed E-state index contributed by atoms with van der Waals surface area (Å²) in [5, 5.41) is 20.4. The number of nitrogens with one attached hydrogen (secondary N) is 1. The van der Waals surface area contributed by atoms with Crippen molar-refractivity contribution in [1.82, 2.24) is 15.2 Å². The molecule has 0 saturated carbocycles. The summed E-state index contributed by atoms with van der Waals surface area (Å²) in [6.45, 7) is 4.44. The SMILES string of the molecule is Cc1nnc(NCCc2ccncc2)c(C#N)c1C. The highest BCUT2D eigenvalue weighted by Crippen LogP contribution is 2.16. The Balaban J connectivity index is 2.05. The van der Waals surface area contributed by atoms with Crippen LogP contribution in [0.4, 0.5) is 5.82 Å². The Labute approximate surface area is 112 Å². The van der Waals surface area contributed by atoms with Crippen LogP contribution < -0.4 is 5.32 Å². The zero-order valence-corrected chi connectivity index (χ0v) is 11.0. The van der Waals surface area contributed by atoms with Gasteiger partial charge in [-0.2, -0.15) is 10.4 Å². The molecule has 0 spiro atoms. The Morgan fingerprint density at radius 2 is 1.95 bits per heavy atom. The van der Waals surface area contributed by atoms with Gasteiger partial charge in [0, 0.05) is 18.9 Å². The minimum atomic E-state index is 0.555. The van der Waals surface area contributed by atoms with Gasteiger partial charge in [-0.25, -0.2) is 0 Å². The monoisotopic (exact) mass is 253 g/mol. The van der Waals surface area contributed by atoms with E-state index in [1.165, 1.54) is 5.56 Å². The van der Waals surface area contributed by atoms with Gasteiger partial charge in [0.1, 0.15) is 11.6 Å². The molecule has 0 aliphatic carbocycles. The van der Waals surface area contributed by atoms with Crippen molar-refractivity contribution in [2.75, 3.05) is 11.9 Å². The fourth-order valence-corrected chi connectivity index (χ4v) is 1.74. The molecule has 2 heterocycles. The topological polar surface area (TPSA) is 74.5 Å². The summed E-state index contributed by atoms with van der Waals surface area (Å²) >= 11 is 0. The van der Waals surface area contributed by atoms with Crippen molar-refractivity contribution in [1.29, 1.82) is 5.26 Å². The maximum atomic E-state index is 9.17. The first kappa shape index (κ1) is 13.0. The number of aromatic nitrogens is 3. The second-order valence-corrected chi connectivity index (χ2v) is 4.28. The molecule has 19 heavy (non-hydrogen) atoms. The number of hydrogen-bond donors (Lipinski definition) is 1. The molecule has 1 N–H and O–H groups in total. The van der Waals surface area contributed by atoms with Gasteiger partial charge in [-0.15, -0.1) is 5.10 Å². The van der Waals surface area contributed by atoms with Crippen molar-refractivity contribution in [2.45, 2.75) is 20.3 Å². The third-order valence-corrected chi connectivity index (χ3v) is 3.02. The molecular weight excluding hydrogens is 238 g/mol. The lowest BCUT2D eigenvalue weighted by molar-refractivity contribution is 0.926. The molecule has 2 aromatic rings. The quantitative estimate of drug-likeness (QED) is 0.902. The largest absolute Gasteiger partial charge is 0.367 e. The lowest BCUT2D eigenvalue weighted by Crippen LogP contribution is -2.10. The third kappa shape index (κ3) is 3.05. The second kappa shape index (κ2) is 5.91. The maximum Gasteiger partial charge on any atom is 0.166 e. The molecule has 2 aromatic heterocycles. The highest BCUT2D eigenvalue weighted by Gasteiger charge is 2.09. The average molecular weight is 253 g/mol. The maximum absolute atomic E-state index is 9.17. The zero-order valence-electron chi connectivity index (χ0n) is 11.0. The van der Waals surface area contributed by atoms with E-state index in [1.54, 1.807) is 12.4 Å². The van der Waals surface area contributed by atoms with Gasteiger partial charge in [0.05, 0.1) is 5.69 Å². The fourth-order valence-electron chi connectivity index (χ4n) is 1.74. The molecule has 0 radical (unpaired) electrons. The Morgan fingerprint density at radius 3 is 2.63 bits per heavy atom. The Hall–Kier alpha value is -2.48. The van der Waals surface area contributed by atoms with Gasteiger partial charge in [0.25, 0.3) is 0 Å². The molecule has 0 saturated heterocycles. The first-order chi connectivity index (χ1) is 9.22. The molecular formula is C14H15N5. The summed E-state index contributed by atoms with van der Waals surface area (Å²) in [5.74, 6) is 0.555. The van der Waals surface area contributed by atoms with Crippen molar-refractivity contribution < 1.29 is 0 Å². The van der Waals surface area contributed by atoms with Crippen LogP contribution in [0.5, 0.6) is 0 Å². The first-order valence-electron chi connectivity index (χ1n) is 6.09. The van der Waals surface area contributed by atoms with Crippen molar-refractivity contribution >= 4 is 5.82 Å². The van der Waals surface area contributed by atoms with Crippen molar-refractivity contribution in [3.05, 3.63) is 46.9 Å². The van der Waals surface area contributed by atoms with Crippen LogP contribution in [0.25, 0.3) is 0 Å². The fraction of sp³-hybridized carbons (Fsp3) is 0.286. The number of hydrogen-bond acceptors (Lipinski definition) is 5. The summed E-state index contributed by atoms with van der Waals surface area (Å²) in [7, 11) is 0. The van der Waals surface area contributed by atoms with Crippen molar-refractivity contribution in [3.8, 4) is 6.07 Å². The van der Waals surface area contributed by atoms with Crippen LogP contribution in [0.3, 0.4) is 0 Å². The minimum absolute atomic E-state index is 0.555. The van der Waals surface area contributed by atoms with Crippen molar-refractivity contribution in [2.24, 2.45) is 0 Å². The van der Waals surface area contributed by atoms with Gasteiger partial charge in [-0.1, -0.05) is 0 Å². The highest BCUT2D eigenvalue weighted by atomic mass is 15.2. The van der Waals surface area contributed by atoms with Crippen LogP contribution in [-0.2, 0) is 6.42 Å². The van der Waals surface area contributed by atoms with Gasteiger partial charge >= 0.3 is 0 Å². The van der Waals surface area contributed by atoms with E-state index in [0.29, 0.717) is 17.9 Å². The standard InChI is InChI=1S/C14H15N5/c1-10-11(2)18-19-14(13(10)9-15)17-8-5-12-3-6-16-7-4-12/h3-4,6-7H,5,8H2,1-2H3,(H,17,19). The molecule has 0 unspecified atom stereocenters. The molecule has 0 aromatic carbocycles. The molecule has 0 aliphatic heterocycles. The van der Waals surface area contributed by atoms with Crippen LogP contribution >= 0.6 is 0 Å². The summed E-state index contributed by atoms with van der Waals surface area (Å²) in [6, 6.07) is 6.12. The molecule has 0 aliphatic rings. The molecule has 2 rings (SSSR count). The number of nitrogens with zero attached hydrogens (tertiary/aromatic N) is 4. The highest BCUT2D eigenvalue weighted by molar-refractivity contribution is 5.55. The predicted molar refractivity (Wildman–Crippen MR) is 72.7 cm³/mol. The molecule has 0 fully saturated rings. The predicted octanol–water partition coefficient (Wildman–Crippen LogP) is 2.01. The number of rotatable bonds is 4. The van der Waals surface area contributed by atoms with Crippen LogP contribution in [0, 0.1) is 25.2 Å². The number of pyridine rings is 1. The summed E-state index contributed by atoms with van der Waals surface area (Å²) < 4.78 is 0. The molecule has 5 heteroatoms. The first-order valence-corrected chi connectivity index (χ1v) is 6.09. The van der Waals surface area contributed by atoms with Crippen LogP contribution in [0.15, 0.2) is 24.5 Å². The van der Waals surface area contributed by atoms with Crippen LogP contribution in [0.1, 0.15) is 22.4 Å². The van der Waals surface area contributed by atoms with E-state index in [9.17, 15) is 5.26 Å². The van der Waals surface area contributed by atoms with Gasteiger partial charge in [0.15, 0.2) is 5.82 Å². The van der Waals surface area contributed by atoms with Gasteiger partial charge in [-0.05, 0) is 43.5 Å². The third-order valence-electron chi connectivity index (χ3n) is 3.02. The lowest BCUT2D eigenvalue weighted by Gasteiger charge is -2.09. The molecule has 0 atom stereocenters. The van der Waals surface area contributed by atoms with Gasteiger partial charge < -0.3 is 5.32 Å². The molecule has 0 bridgehead atoms. The molecule has 0 amide bonds. The smallest absolute Gasteiger partial charge is 0.166 e. The normalized spacial score (nSPS) is 9.95. The van der Waals surface area contributed by atoms with Crippen LogP contribution in [-0.4, -0.2) is 21.7 Å². The van der Waals surface area contributed by atoms with E-state index in [2.05, 4.69) is 26.6 Å². The van der Waals surface area contributed by atoms with E-state index in [1.807, 2.05) is 26.0 Å².